The van der Waals surface area contributed by atoms with Gasteiger partial charge in [0, 0.05) is 19.7 Å². The van der Waals surface area contributed by atoms with Crippen LogP contribution < -0.4 is 5.32 Å². The summed E-state index contributed by atoms with van der Waals surface area (Å²) in [6, 6.07) is 4.67. The minimum atomic E-state index is 0.416. The molecular formula is C15H23NO2. The van der Waals surface area contributed by atoms with E-state index in [9.17, 15) is 5.11 Å². The van der Waals surface area contributed by atoms with Crippen LogP contribution in [0.15, 0.2) is 12.1 Å². The summed E-state index contributed by atoms with van der Waals surface area (Å²) in [5.41, 5.74) is 3.14. The normalized spacial score (nSPS) is 23.5. The zero-order valence-electron chi connectivity index (χ0n) is 11.5. The van der Waals surface area contributed by atoms with Crippen LogP contribution in [0.3, 0.4) is 0 Å². The van der Waals surface area contributed by atoms with Crippen molar-refractivity contribution in [2.24, 2.45) is 0 Å². The Morgan fingerprint density at radius 2 is 1.94 bits per heavy atom. The lowest BCUT2D eigenvalue weighted by Gasteiger charge is -2.14. The van der Waals surface area contributed by atoms with Crippen molar-refractivity contribution in [1.29, 1.82) is 0 Å². The lowest BCUT2D eigenvalue weighted by molar-refractivity contribution is 0.107. The molecule has 0 heterocycles. The molecule has 2 unspecified atom stereocenters. The van der Waals surface area contributed by atoms with Crippen LogP contribution in [-0.4, -0.2) is 24.4 Å². The molecule has 3 heteroatoms. The summed E-state index contributed by atoms with van der Waals surface area (Å²) < 4.78 is 5.37. The topological polar surface area (TPSA) is 41.5 Å². The van der Waals surface area contributed by atoms with E-state index in [1.165, 1.54) is 12.0 Å². The number of aryl methyl sites for hydroxylation is 2. The van der Waals surface area contributed by atoms with Gasteiger partial charge in [-0.3, -0.25) is 0 Å². The summed E-state index contributed by atoms with van der Waals surface area (Å²) in [5.74, 6) is 0.416. The van der Waals surface area contributed by atoms with Crippen LogP contribution in [0.25, 0.3) is 0 Å². The van der Waals surface area contributed by atoms with Crippen molar-refractivity contribution in [3.63, 3.8) is 0 Å². The van der Waals surface area contributed by atoms with E-state index < -0.39 is 0 Å². The molecule has 0 bridgehead atoms. The van der Waals surface area contributed by atoms with Gasteiger partial charge in [-0.15, -0.1) is 0 Å². The number of phenolic OH excluding ortho intramolecular Hbond substituents is 1. The summed E-state index contributed by atoms with van der Waals surface area (Å²) in [6.45, 7) is 4.76. The fourth-order valence-corrected chi connectivity index (χ4v) is 2.75. The van der Waals surface area contributed by atoms with Crippen molar-refractivity contribution in [2.45, 2.75) is 51.8 Å². The summed E-state index contributed by atoms with van der Waals surface area (Å²) >= 11 is 0. The Morgan fingerprint density at radius 1 is 1.28 bits per heavy atom. The minimum absolute atomic E-state index is 0.416. The van der Waals surface area contributed by atoms with Gasteiger partial charge in [0.15, 0.2) is 0 Å². The van der Waals surface area contributed by atoms with Gasteiger partial charge in [-0.1, -0.05) is 12.1 Å². The maximum Gasteiger partial charge on any atom is 0.121 e. The molecule has 2 N–H and O–H groups in total. The van der Waals surface area contributed by atoms with Gasteiger partial charge in [0.1, 0.15) is 5.75 Å². The summed E-state index contributed by atoms with van der Waals surface area (Å²) in [7, 11) is 1.79. The molecule has 1 aliphatic rings. The number of phenols is 1. The largest absolute Gasteiger partial charge is 0.507 e. The van der Waals surface area contributed by atoms with Crippen molar-refractivity contribution in [3.8, 4) is 5.75 Å². The first-order chi connectivity index (χ1) is 8.60. The van der Waals surface area contributed by atoms with Crippen LogP contribution in [0.2, 0.25) is 0 Å². The number of ether oxygens (including phenoxy) is 1. The number of aromatic hydroxyl groups is 1. The van der Waals surface area contributed by atoms with Crippen LogP contribution in [0, 0.1) is 13.8 Å². The Hall–Kier alpha value is -1.06. The fourth-order valence-electron chi connectivity index (χ4n) is 2.75. The van der Waals surface area contributed by atoms with Gasteiger partial charge in [0.05, 0.1) is 6.10 Å². The first kappa shape index (κ1) is 13.4. The van der Waals surface area contributed by atoms with Crippen molar-refractivity contribution in [2.75, 3.05) is 7.11 Å². The van der Waals surface area contributed by atoms with Crippen LogP contribution in [0.4, 0.5) is 0 Å². The van der Waals surface area contributed by atoms with Crippen molar-refractivity contribution >= 4 is 0 Å². The van der Waals surface area contributed by atoms with Gasteiger partial charge in [0.2, 0.25) is 0 Å². The zero-order chi connectivity index (χ0) is 13.1. The molecule has 2 rings (SSSR count). The number of hydrogen-bond donors (Lipinski definition) is 2. The molecule has 1 aromatic carbocycles. The molecule has 18 heavy (non-hydrogen) atoms. The lowest BCUT2D eigenvalue weighted by Crippen LogP contribution is -2.26. The molecule has 1 fully saturated rings. The predicted molar refractivity (Wildman–Crippen MR) is 72.9 cm³/mol. The quantitative estimate of drug-likeness (QED) is 0.862. The van der Waals surface area contributed by atoms with Crippen molar-refractivity contribution in [3.05, 3.63) is 28.8 Å². The van der Waals surface area contributed by atoms with Crippen LogP contribution in [0.1, 0.15) is 36.0 Å². The smallest absolute Gasteiger partial charge is 0.121 e. The Labute approximate surface area is 109 Å². The average molecular weight is 249 g/mol. The Kier molecular flexibility index (Phi) is 4.25. The highest BCUT2D eigenvalue weighted by atomic mass is 16.5. The SMILES string of the molecule is COC1CCC(NCc2cc(C)c(O)c(C)c2)C1. The Balaban J connectivity index is 1.91. The molecule has 0 saturated heterocycles. The van der Waals surface area contributed by atoms with Crippen LogP contribution in [-0.2, 0) is 11.3 Å². The molecule has 0 aliphatic heterocycles. The predicted octanol–water partition coefficient (Wildman–Crippen LogP) is 2.67. The van der Waals surface area contributed by atoms with E-state index in [-0.39, 0.29) is 0 Å². The summed E-state index contributed by atoms with van der Waals surface area (Å²) in [6.07, 6.45) is 3.87. The fraction of sp³-hybridized carbons (Fsp3) is 0.600. The van der Waals surface area contributed by atoms with Gasteiger partial charge in [-0.2, -0.15) is 0 Å². The number of methoxy groups -OCH3 is 1. The number of rotatable bonds is 4. The minimum Gasteiger partial charge on any atom is -0.507 e. The van der Waals surface area contributed by atoms with E-state index in [4.69, 9.17) is 4.74 Å². The van der Waals surface area contributed by atoms with Gasteiger partial charge in [-0.25, -0.2) is 0 Å². The molecule has 1 aliphatic carbocycles. The third-order valence-corrected chi connectivity index (χ3v) is 3.86. The van der Waals surface area contributed by atoms with Gasteiger partial charge in [-0.05, 0) is 49.8 Å². The maximum atomic E-state index is 9.74. The molecule has 0 amide bonds. The molecule has 0 radical (unpaired) electrons. The van der Waals surface area contributed by atoms with E-state index in [1.807, 2.05) is 13.8 Å². The van der Waals surface area contributed by atoms with Gasteiger partial charge >= 0.3 is 0 Å². The van der Waals surface area contributed by atoms with E-state index in [0.717, 1.165) is 30.5 Å². The average Bonchev–Trinajstić information content (AvgIpc) is 2.81. The van der Waals surface area contributed by atoms with E-state index in [0.29, 0.717) is 17.9 Å². The van der Waals surface area contributed by atoms with Gasteiger partial charge in [0.25, 0.3) is 0 Å². The third kappa shape index (κ3) is 3.03. The van der Waals surface area contributed by atoms with E-state index in [1.54, 1.807) is 7.11 Å². The molecule has 100 valence electrons. The van der Waals surface area contributed by atoms with E-state index >= 15 is 0 Å². The second kappa shape index (κ2) is 5.72. The number of benzene rings is 1. The molecule has 3 nitrogen and oxygen atoms in total. The Morgan fingerprint density at radius 3 is 2.50 bits per heavy atom. The maximum absolute atomic E-state index is 9.74. The second-order valence-corrected chi connectivity index (χ2v) is 5.33. The zero-order valence-corrected chi connectivity index (χ0v) is 11.5. The summed E-state index contributed by atoms with van der Waals surface area (Å²) in [5, 5.41) is 13.3. The number of hydrogen-bond acceptors (Lipinski definition) is 3. The second-order valence-electron chi connectivity index (χ2n) is 5.33. The highest BCUT2D eigenvalue weighted by Gasteiger charge is 2.23. The molecular weight excluding hydrogens is 226 g/mol. The van der Waals surface area contributed by atoms with Gasteiger partial charge < -0.3 is 15.2 Å². The molecule has 1 saturated carbocycles. The molecule has 2 atom stereocenters. The Bertz CT molecular complexity index is 394. The highest BCUT2D eigenvalue weighted by Crippen LogP contribution is 2.24. The van der Waals surface area contributed by atoms with Crippen LogP contribution >= 0.6 is 0 Å². The first-order valence-electron chi connectivity index (χ1n) is 6.65. The molecule has 0 spiro atoms. The third-order valence-electron chi connectivity index (χ3n) is 3.86. The van der Waals surface area contributed by atoms with Crippen LogP contribution in [0.5, 0.6) is 5.75 Å². The van der Waals surface area contributed by atoms with Crippen molar-refractivity contribution in [1.82, 2.24) is 5.32 Å². The monoisotopic (exact) mass is 249 g/mol. The lowest BCUT2D eigenvalue weighted by atomic mass is 10.1. The standard InChI is InChI=1S/C15H23NO2/c1-10-6-12(7-11(2)15(10)17)9-16-13-4-5-14(8-13)18-3/h6-7,13-14,16-17H,4-5,8-9H2,1-3H3. The van der Waals surface area contributed by atoms with Crippen molar-refractivity contribution < 1.29 is 9.84 Å². The van der Waals surface area contributed by atoms with E-state index in [2.05, 4.69) is 17.4 Å². The molecule has 1 aromatic rings. The first-order valence-corrected chi connectivity index (χ1v) is 6.65. The summed E-state index contributed by atoms with van der Waals surface area (Å²) in [4.78, 5) is 0. The number of nitrogens with one attached hydrogen (secondary N) is 1. The molecule has 0 aromatic heterocycles. The highest BCUT2D eigenvalue weighted by molar-refractivity contribution is 5.42.